The Morgan fingerprint density at radius 3 is 2.43 bits per heavy atom. The molecule has 194 valence electrons. The molecule has 1 N–H and O–H groups in total. The Morgan fingerprint density at radius 1 is 1.05 bits per heavy atom. The van der Waals surface area contributed by atoms with Gasteiger partial charge in [-0.3, -0.25) is 29.0 Å². The maximum atomic E-state index is 13.2. The van der Waals surface area contributed by atoms with E-state index >= 15 is 0 Å². The zero-order valence-corrected chi connectivity index (χ0v) is 21.6. The van der Waals surface area contributed by atoms with E-state index < -0.39 is 11.1 Å². The fourth-order valence-electron chi connectivity index (χ4n) is 4.18. The molecule has 0 aliphatic carbocycles. The lowest BCUT2D eigenvalue weighted by molar-refractivity contribution is -0.124. The summed E-state index contributed by atoms with van der Waals surface area (Å²) < 4.78 is 13.2. The molecule has 2 aromatic carbocycles. The van der Waals surface area contributed by atoms with Gasteiger partial charge in [0.1, 0.15) is 5.82 Å². The van der Waals surface area contributed by atoms with Crippen LogP contribution in [0.15, 0.2) is 53.4 Å². The van der Waals surface area contributed by atoms with E-state index in [0.29, 0.717) is 49.4 Å². The second-order valence-electron chi connectivity index (χ2n) is 9.31. The van der Waals surface area contributed by atoms with Crippen LogP contribution in [0.25, 0.3) is 6.08 Å². The molecule has 0 radical (unpaired) electrons. The van der Waals surface area contributed by atoms with Crippen molar-refractivity contribution in [3.8, 4) is 0 Å². The van der Waals surface area contributed by atoms with E-state index in [-0.39, 0.29) is 35.1 Å². The molecule has 37 heavy (non-hydrogen) atoms. The van der Waals surface area contributed by atoms with E-state index in [2.05, 4.69) is 5.32 Å². The molecule has 4 amide bonds. The fraction of sp³-hybridized carbons (Fsp3) is 0.333. The highest BCUT2D eigenvalue weighted by Gasteiger charge is 2.35. The van der Waals surface area contributed by atoms with E-state index in [1.54, 1.807) is 35.2 Å². The van der Waals surface area contributed by atoms with Gasteiger partial charge < -0.3 is 10.2 Å². The fourth-order valence-corrected chi connectivity index (χ4v) is 5.02. The van der Waals surface area contributed by atoms with Crippen LogP contribution in [0.3, 0.4) is 0 Å². The predicted octanol–water partition coefficient (Wildman–Crippen LogP) is 3.34. The van der Waals surface area contributed by atoms with Crippen molar-refractivity contribution in [3.05, 3.63) is 75.9 Å². The lowest BCUT2D eigenvalue weighted by Gasteiger charge is -2.34. The van der Waals surface area contributed by atoms with Crippen molar-refractivity contribution in [1.29, 1.82) is 0 Å². The van der Waals surface area contributed by atoms with Crippen molar-refractivity contribution in [2.24, 2.45) is 0 Å². The zero-order chi connectivity index (χ0) is 26.5. The van der Waals surface area contributed by atoms with Gasteiger partial charge in [0, 0.05) is 37.8 Å². The third-order valence-corrected chi connectivity index (χ3v) is 6.94. The molecular weight excluding hydrogens is 495 g/mol. The number of nitrogens with one attached hydrogen (secondary N) is 1. The van der Waals surface area contributed by atoms with Gasteiger partial charge in [0.2, 0.25) is 5.91 Å². The standard InChI is InChI=1S/C27H29FN4O4S/c1-18(2)29-24(33)17-30-10-12-31(13-11-30)25(34)21-5-3-4-20(14-21)15-23-26(35)32(27(36)37-23)16-19-6-8-22(28)9-7-19/h3-9,14-15,18H,10-13,16-17H2,1-2H3,(H,29,33). The molecule has 2 aromatic rings. The summed E-state index contributed by atoms with van der Waals surface area (Å²) in [6.45, 7) is 6.46. The molecule has 10 heteroatoms. The Hall–Kier alpha value is -3.50. The van der Waals surface area contributed by atoms with Crippen LogP contribution in [0.2, 0.25) is 0 Å². The summed E-state index contributed by atoms with van der Waals surface area (Å²) >= 11 is 0.841. The zero-order valence-electron chi connectivity index (χ0n) is 20.8. The van der Waals surface area contributed by atoms with E-state index in [1.165, 1.54) is 24.3 Å². The number of amides is 4. The number of carbonyl (C=O) groups excluding carboxylic acids is 4. The van der Waals surface area contributed by atoms with E-state index in [0.717, 1.165) is 16.7 Å². The number of carbonyl (C=O) groups is 4. The SMILES string of the molecule is CC(C)NC(=O)CN1CCN(C(=O)c2cccc(C=C3SC(=O)N(Cc4ccc(F)cc4)C3=O)c2)CC1. The molecule has 2 fully saturated rings. The minimum atomic E-state index is -0.423. The Labute approximate surface area is 219 Å². The van der Waals surface area contributed by atoms with Crippen molar-refractivity contribution in [2.75, 3.05) is 32.7 Å². The quantitative estimate of drug-likeness (QED) is 0.559. The maximum Gasteiger partial charge on any atom is 0.293 e. The average molecular weight is 525 g/mol. The van der Waals surface area contributed by atoms with Crippen LogP contribution in [-0.2, 0) is 16.1 Å². The first-order valence-corrected chi connectivity index (χ1v) is 12.9. The van der Waals surface area contributed by atoms with Gasteiger partial charge in [0.25, 0.3) is 17.1 Å². The summed E-state index contributed by atoms with van der Waals surface area (Å²) in [4.78, 5) is 55.6. The van der Waals surface area contributed by atoms with Gasteiger partial charge in [-0.25, -0.2) is 4.39 Å². The van der Waals surface area contributed by atoms with Crippen LogP contribution >= 0.6 is 11.8 Å². The summed E-state index contributed by atoms with van der Waals surface area (Å²) in [5.74, 6) is -0.952. The van der Waals surface area contributed by atoms with Crippen molar-refractivity contribution in [1.82, 2.24) is 20.0 Å². The van der Waals surface area contributed by atoms with Gasteiger partial charge in [-0.2, -0.15) is 0 Å². The molecule has 0 saturated carbocycles. The molecule has 2 heterocycles. The molecule has 2 aliphatic rings. The minimum absolute atomic E-state index is 0.0236. The highest BCUT2D eigenvalue weighted by molar-refractivity contribution is 8.18. The molecule has 0 bridgehead atoms. The molecule has 2 saturated heterocycles. The van der Waals surface area contributed by atoms with Gasteiger partial charge >= 0.3 is 0 Å². The second kappa shape index (κ2) is 11.7. The van der Waals surface area contributed by atoms with Gasteiger partial charge in [-0.05, 0) is 67.1 Å². The molecule has 2 aliphatic heterocycles. The monoisotopic (exact) mass is 524 g/mol. The third-order valence-electron chi connectivity index (χ3n) is 6.04. The normalized spacial score (nSPS) is 17.7. The smallest absolute Gasteiger partial charge is 0.293 e. The molecule has 0 spiro atoms. The Kier molecular flexibility index (Phi) is 8.40. The van der Waals surface area contributed by atoms with Gasteiger partial charge in [0.15, 0.2) is 0 Å². The number of hydrogen-bond acceptors (Lipinski definition) is 6. The first-order chi connectivity index (χ1) is 17.7. The summed E-state index contributed by atoms with van der Waals surface area (Å²) in [6, 6.07) is 12.7. The van der Waals surface area contributed by atoms with Crippen LogP contribution in [-0.4, -0.2) is 76.4 Å². The summed E-state index contributed by atoms with van der Waals surface area (Å²) in [5, 5.41) is 2.48. The number of thioether (sulfide) groups is 1. The van der Waals surface area contributed by atoms with Gasteiger partial charge in [0.05, 0.1) is 18.0 Å². The number of benzene rings is 2. The molecule has 0 unspecified atom stereocenters. The lowest BCUT2D eigenvalue weighted by atomic mass is 10.1. The van der Waals surface area contributed by atoms with Crippen molar-refractivity contribution < 1.29 is 23.6 Å². The summed E-state index contributed by atoms with van der Waals surface area (Å²) in [5.41, 5.74) is 1.78. The minimum Gasteiger partial charge on any atom is -0.353 e. The molecular formula is C27H29FN4O4S. The van der Waals surface area contributed by atoms with E-state index in [9.17, 15) is 23.6 Å². The topological polar surface area (TPSA) is 90.0 Å². The molecule has 4 rings (SSSR count). The summed E-state index contributed by atoms with van der Waals surface area (Å²) in [6.07, 6.45) is 1.61. The second-order valence-corrected chi connectivity index (χ2v) is 10.3. The average Bonchev–Trinajstić information content (AvgIpc) is 3.12. The van der Waals surface area contributed by atoms with Gasteiger partial charge in [-0.1, -0.05) is 24.3 Å². The van der Waals surface area contributed by atoms with Crippen LogP contribution < -0.4 is 5.32 Å². The van der Waals surface area contributed by atoms with Crippen LogP contribution in [0.1, 0.15) is 35.3 Å². The molecule has 8 nitrogen and oxygen atoms in total. The third kappa shape index (κ3) is 6.84. The molecule has 0 aromatic heterocycles. The number of hydrogen-bond donors (Lipinski definition) is 1. The largest absolute Gasteiger partial charge is 0.353 e. The first-order valence-electron chi connectivity index (χ1n) is 12.1. The first kappa shape index (κ1) is 26.6. The number of imide groups is 1. The summed E-state index contributed by atoms with van der Waals surface area (Å²) in [7, 11) is 0. The Bertz CT molecular complexity index is 1220. The number of rotatable bonds is 7. The van der Waals surface area contributed by atoms with Gasteiger partial charge in [-0.15, -0.1) is 0 Å². The Balaban J connectivity index is 1.38. The predicted molar refractivity (Wildman–Crippen MR) is 140 cm³/mol. The highest BCUT2D eigenvalue weighted by Crippen LogP contribution is 2.33. The van der Waals surface area contributed by atoms with E-state index in [1.807, 2.05) is 18.7 Å². The number of piperazine rings is 1. The van der Waals surface area contributed by atoms with Crippen molar-refractivity contribution in [2.45, 2.75) is 26.4 Å². The van der Waals surface area contributed by atoms with Crippen molar-refractivity contribution in [3.63, 3.8) is 0 Å². The number of nitrogens with zero attached hydrogens (tertiary/aromatic N) is 3. The maximum absolute atomic E-state index is 13.2. The van der Waals surface area contributed by atoms with Crippen molar-refractivity contribution >= 4 is 40.8 Å². The van der Waals surface area contributed by atoms with Crippen LogP contribution in [0.4, 0.5) is 9.18 Å². The Morgan fingerprint density at radius 2 is 1.76 bits per heavy atom. The van der Waals surface area contributed by atoms with Crippen LogP contribution in [0, 0.1) is 5.82 Å². The number of halogens is 1. The lowest BCUT2D eigenvalue weighted by Crippen LogP contribution is -2.51. The molecule has 0 atom stereocenters. The van der Waals surface area contributed by atoms with E-state index in [4.69, 9.17) is 0 Å². The van der Waals surface area contributed by atoms with Crippen LogP contribution in [0.5, 0.6) is 0 Å². The highest BCUT2D eigenvalue weighted by atomic mass is 32.2.